The molecule has 1 aliphatic heterocycles. The van der Waals surface area contributed by atoms with Gasteiger partial charge in [-0.05, 0) is 43.2 Å². The van der Waals surface area contributed by atoms with Crippen LogP contribution in [-0.4, -0.2) is 25.0 Å². The van der Waals surface area contributed by atoms with Gasteiger partial charge in [0.1, 0.15) is 11.5 Å². The zero-order valence-electron chi connectivity index (χ0n) is 15.2. The molecule has 0 bridgehead atoms. The smallest absolute Gasteiger partial charge is 0.258 e. The molecule has 0 saturated heterocycles. The number of rotatable bonds is 6. The maximum Gasteiger partial charge on any atom is 0.258 e. The van der Waals surface area contributed by atoms with Crippen LogP contribution in [0.2, 0.25) is 0 Å². The number of anilines is 1. The fraction of sp³-hybridized carbons (Fsp3) is 0.333. The number of carbonyl (C=O) groups is 2. The lowest BCUT2D eigenvalue weighted by molar-refractivity contribution is -0.124. The van der Waals surface area contributed by atoms with Crippen molar-refractivity contribution in [2.75, 3.05) is 18.5 Å². The van der Waals surface area contributed by atoms with Crippen molar-refractivity contribution in [2.24, 2.45) is 5.92 Å². The lowest BCUT2D eigenvalue weighted by atomic mass is 10.0. The van der Waals surface area contributed by atoms with E-state index in [2.05, 4.69) is 26.6 Å². The summed E-state index contributed by atoms with van der Waals surface area (Å²) in [5.41, 5.74) is 1.64. The summed E-state index contributed by atoms with van der Waals surface area (Å²) in [6, 6.07) is 12.8. The number of amides is 2. The molecule has 1 heterocycles. The van der Waals surface area contributed by atoms with Crippen LogP contribution in [0.5, 0.6) is 11.5 Å². The molecule has 2 aromatic carbocycles. The van der Waals surface area contributed by atoms with E-state index >= 15 is 0 Å². The van der Waals surface area contributed by atoms with E-state index in [0.717, 1.165) is 28.6 Å². The first-order valence-corrected chi connectivity index (χ1v) is 10.1. The molecule has 0 spiro atoms. The normalized spacial score (nSPS) is 17.8. The molecular weight excluding hydrogens is 424 g/mol. The number of hydrogen-bond donors (Lipinski definition) is 2. The molecule has 6 nitrogen and oxygen atoms in total. The van der Waals surface area contributed by atoms with Crippen molar-refractivity contribution in [3.05, 3.63) is 52.5 Å². The Morgan fingerprint density at radius 1 is 1.14 bits per heavy atom. The minimum atomic E-state index is -0.203. The zero-order chi connectivity index (χ0) is 19.5. The monoisotopic (exact) mass is 444 g/mol. The Bertz CT molecular complexity index is 898. The standard InChI is InChI=1S/C21H21BrN2O4/c22-14-6-7-19-17(10-14)18(8-9-27-19)24-20(25)12-28-16-3-1-2-15(11-16)23-21(26)13-4-5-13/h1-3,6-7,10-11,13,18H,4-5,8-9,12H2,(H,23,26)(H,24,25). The fourth-order valence-electron chi connectivity index (χ4n) is 3.15. The van der Waals surface area contributed by atoms with Crippen molar-refractivity contribution in [2.45, 2.75) is 25.3 Å². The Morgan fingerprint density at radius 2 is 2.00 bits per heavy atom. The molecule has 4 rings (SSSR count). The van der Waals surface area contributed by atoms with Crippen molar-refractivity contribution in [3.63, 3.8) is 0 Å². The molecule has 2 aliphatic rings. The molecule has 7 heteroatoms. The molecule has 2 aromatic rings. The third-order valence-corrected chi connectivity index (χ3v) is 5.26. The lowest BCUT2D eigenvalue weighted by Crippen LogP contribution is -2.35. The zero-order valence-corrected chi connectivity index (χ0v) is 16.8. The summed E-state index contributed by atoms with van der Waals surface area (Å²) >= 11 is 3.46. The van der Waals surface area contributed by atoms with Crippen molar-refractivity contribution < 1.29 is 19.1 Å². The first kappa shape index (κ1) is 18.8. The van der Waals surface area contributed by atoms with Crippen molar-refractivity contribution in [3.8, 4) is 11.5 Å². The summed E-state index contributed by atoms with van der Waals surface area (Å²) in [5, 5.41) is 5.88. The molecule has 146 valence electrons. The van der Waals surface area contributed by atoms with Crippen LogP contribution in [0.25, 0.3) is 0 Å². The van der Waals surface area contributed by atoms with E-state index in [0.29, 0.717) is 24.5 Å². The minimum absolute atomic E-state index is 0.0410. The summed E-state index contributed by atoms with van der Waals surface area (Å²) in [6.45, 7) is 0.462. The van der Waals surface area contributed by atoms with Crippen molar-refractivity contribution in [1.29, 1.82) is 0 Å². The number of fused-ring (bicyclic) bond motifs is 1. The van der Waals surface area contributed by atoms with Crippen LogP contribution in [-0.2, 0) is 9.59 Å². The molecule has 1 saturated carbocycles. The van der Waals surface area contributed by atoms with E-state index in [-0.39, 0.29) is 30.4 Å². The molecule has 1 unspecified atom stereocenters. The number of ether oxygens (including phenoxy) is 2. The van der Waals surface area contributed by atoms with Crippen LogP contribution in [0.4, 0.5) is 5.69 Å². The number of benzene rings is 2. The van der Waals surface area contributed by atoms with Crippen LogP contribution in [0.3, 0.4) is 0 Å². The van der Waals surface area contributed by atoms with Gasteiger partial charge < -0.3 is 20.1 Å². The van der Waals surface area contributed by atoms with Crippen molar-refractivity contribution in [1.82, 2.24) is 5.32 Å². The molecule has 0 radical (unpaired) electrons. The second-order valence-corrected chi connectivity index (χ2v) is 7.94. The van der Waals surface area contributed by atoms with Gasteiger partial charge >= 0.3 is 0 Å². The SMILES string of the molecule is O=C(COc1cccc(NC(=O)C2CC2)c1)NC1CCOc2ccc(Br)cc21. The largest absolute Gasteiger partial charge is 0.493 e. The first-order chi connectivity index (χ1) is 13.6. The summed E-state index contributed by atoms with van der Waals surface area (Å²) in [6.07, 6.45) is 2.61. The highest BCUT2D eigenvalue weighted by Crippen LogP contribution is 2.34. The number of carbonyl (C=O) groups excluding carboxylic acids is 2. The Balaban J connectivity index is 1.33. The predicted octanol–water partition coefficient (Wildman–Crippen LogP) is 3.82. The van der Waals surface area contributed by atoms with Crippen LogP contribution in [0.15, 0.2) is 46.9 Å². The Labute approximate surface area is 171 Å². The molecule has 28 heavy (non-hydrogen) atoms. The van der Waals surface area contributed by atoms with E-state index in [1.54, 1.807) is 18.2 Å². The molecule has 0 aromatic heterocycles. The summed E-state index contributed by atoms with van der Waals surface area (Å²) in [4.78, 5) is 24.2. The highest BCUT2D eigenvalue weighted by molar-refractivity contribution is 9.10. The third-order valence-electron chi connectivity index (χ3n) is 4.77. The van der Waals surface area contributed by atoms with E-state index in [1.807, 2.05) is 24.3 Å². The highest BCUT2D eigenvalue weighted by atomic mass is 79.9. The average molecular weight is 445 g/mol. The van der Waals surface area contributed by atoms with Gasteiger partial charge in [0.25, 0.3) is 5.91 Å². The van der Waals surface area contributed by atoms with E-state index in [4.69, 9.17) is 9.47 Å². The Morgan fingerprint density at radius 3 is 2.82 bits per heavy atom. The van der Waals surface area contributed by atoms with E-state index in [9.17, 15) is 9.59 Å². The maximum absolute atomic E-state index is 12.4. The number of hydrogen-bond acceptors (Lipinski definition) is 4. The first-order valence-electron chi connectivity index (χ1n) is 9.34. The Hall–Kier alpha value is -2.54. The van der Waals surface area contributed by atoms with Crippen LogP contribution in [0, 0.1) is 5.92 Å². The molecule has 1 atom stereocenters. The van der Waals surface area contributed by atoms with Gasteiger partial charge in [-0.3, -0.25) is 9.59 Å². The molecular formula is C21H21BrN2O4. The van der Waals surface area contributed by atoms with Gasteiger partial charge in [-0.15, -0.1) is 0 Å². The highest BCUT2D eigenvalue weighted by Gasteiger charge is 2.29. The van der Waals surface area contributed by atoms with Crippen LogP contribution in [0.1, 0.15) is 30.9 Å². The van der Waals surface area contributed by atoms with Crippen LogP contribution >= 0.6 is 15.9 Å². The molecule has 1 fully saturated rings. The van der Waals surface area contributed by atoms with Gasteiger partial charge in [0.2, 0.25) is 5.91 Å². The van der Waals surface area contributed by atoms with E-state index < -0.39 is 0 Å². The summed E-state index contributed by atoms with van der Waals surface area (Å²) < 4.78 is 12.2. The van der Waals surface area contributed by atoms with Gasteiger partial charge in [-0.25, -0.2) is 0 Å². The van der Waals surface area contributed by atoms with Crippen LogP contribution < -0.4 is 20.1 Å². The maximum atomic E-state index is 12.4. The van der Waals surface area contributed by atoms with Crippen molar-refractivity contribution >= 4 is 33.4 Å². The van der Waals surface area contributed by atoms with Gasteiger partial charge in [-0.2, -0.15) is 0 Å². The topological polar surface area (TPSA) is 76.7 Å². The quantitative estimate of drug-likeness (QED) is 0.709. The molecule has 1 aliphatic carbocycles. The van der Waals surface area contributed by atoms with Gasteiger partial charge in [0.05, 0.1) is 12.6 Å². The molecule has 2 N–H and O–H groups in total. The summed E-state index contributed by atoms with van der Waals surface area (Å²) in [7, 11) is 0. The van der Waals surface area contributed by atoms with Gasteiger partial charge in [0, 0.05) is 34.1 Å². The van der Waals surface area contributed by atoms with E-state index in [1.165, 1.54) is 0 Å². The van der Waals surface area contributed by atoms with Gasteiger partial charge in [0.15, 0.2) is 6.61 Å². The van der Waals surface area contributed by atoms with Gasteiger partial charge in [-0.1, -0.05) is 22.0 Å². The predicted molar refractivity (Wildman–Crippen MR) is 108 cm³/mol. The third kappa shape index (κ3) is 4.65. The second kappa shape index (κ2) is 8.22. The lowest BCUT2D eigenvalue weighted by Gasteiger charge is -2.27. The average Bonchev–Trinajstić information content (AvgIpc) is 3.53. The second-order valence-electron chi connectivity index (χ2n) is 7.02. The number of halogens is 1. The molecule has 2 amide bonds. The summed E-state index contributed by atoms with van der Waals surface area (Å²) in [5.74, 6) is 1.31. The minimum Gasteiger partial charge on any atom is -0.493 e. The fourth-order valence-corrected chi connectivity index (χ4v) is 3.53. The Kier molecular flexibility index (Phi) is 5.52. The number of nitrogens with one attached hydrogen (secondary N) is 2.